The third kappa shape index (κ3) is 18.9. The number of aliphatic carboxylic acids is 1. The Morgan fingerprint density at radius 3 is 2.00 bits per heavy atom. The summed E-state index contributed by atoms with van der Waals surface area (Å²) in [7, 11) is 0. The van der Waals surface area contributed by atoms with Gasteiger partial charge >= 0.3 is 41.0 Å². The van der Waals surface area contributed by atoms with Gasteiger partial charge in [-0.1, -0.05) is 6.08 Å². The molecule has 0 aliphatic heterocycles. The van der Waals surface area contributed by atoms with Crippen LogP contribution >= 0.6 is 0 Å². The number of rotatable bonds is 13. The third-order valence-electron chi connectivity index (χ3n) is 2.87. The van der Waals surface area contributed by atoms with Gasteiger partial charge in [-0.3, -0.25) is 9.59 Å². The van der Waals surface area contributed by atoms with Gasteiger partial charge in [-0.05, 0) is 45.4 Å². The number of carbonyl (C=O) groups is 3. The van der Waals surface area contributed by atoms with Gasteiger partial charge in [0.25, 0.3) is 0 Å². The standard InChI is InChI=1S/C16H26O6.Mg.2H/c1-2-9-15(19)21-12-7-3-4-8-13-22-16(20)11-6-5-10-14(17)18;;;/h2,9H,3-8,10-13H2,1H3,(H,17,18);;;. The minimum absolute atomic E-state index is 0. The van der Waals surface area contributed by atoms with Gasteiger partial charge < -0.3 is 14.6 Å². The zero-order valence-corrected chi connectivity index (χ0v) is 13.2. The van der Waals surface area contributed by atoms with Gasteiger partial charge in [0.05, 0.1) is 13.2 Å². The zero-order chi connectivity index (χ0) is 16.6. The highest BCUT2D eigenvalue weighted by molar-refractivity contribution is 5.81. The number of esters is 2. The first-order chi connectivity index (χ1) is 10.6. The predicted molar refractivity (Wildman–Crippen MR) is 89.8 cm³/mol. The molecule has 0 aromatic rings. The summed E-state index contributed by atoms with van der Waals surface area (Å²) in [5.41, 5.74) is 0. The number of allylic oxidation sites excluding steroid dienone is 1. The first-order valence-electron chi connectivity index (χ1n) is 7.73. The molecule has 0 bridgehead atoms. The Kier molecular flexibility index (Phi) is 18.2. The number of carboxylic acids is 1. The summed E-state index contributed by atoms with van der Waals surface area (Å²) in [4.78, 5) is 32.6. The average molecular weight is 341 g/mol. The van der Waals surface area contributed by atoms with Crippen LogP contribution in [0, 0.1) is 0 Å². The largest absolute Gasteiger partial charge is 0.481 e. The monoisotopic (exact) mass is 340 g/mol. The maximum absolute atomic E-state index is 11.3. The molecule has 0 fully saturated rings. The van der Waals surface area contributed by atoms with E-state index in [4.69, 9.17) is 14.6 Å². The van der Waals surface area contributed by atoms with Crippen molar-refractivity contribution in [3.05, 3.63) is 12.2 Å². The molecule has 130 valence electrons. The molecule has 0 radical (unpaired) electrons. The second kappa shape index (κ2) is 17.3. The van der Waals surface area contributed by atoms with Gasteiger partial charge in [0, 0.05) is 18.9 Å². The van der Waals surface area contributed by atoms with E-state index < -0.39 is 5.97 Å². The maximum atomic E-state index is 11.3. The van der Waals surface area contributed by atoms with E-state index in [-0.39, 0.29) is 47.8 Å². The molecule has 0 aliphatic rings. The molecule has 0 heterocycles. The van der Waals surface area contributed by atoms with Crippen LogP contribution in [0.5, 0.6) is 0 Å². The van der Waals surface area contributed by atoms with Crippen LogP contribution in [0.25, 0.3) is 0 Å². The van der Waals surface area contributed by atoms with Gasteiger partial charge in [0.15, 0.2) is 0 Å². The fraction of sp³-hybridized carbons (Fsp3) is 0.688. The van der Waals surface area contributed by atoms with Crippen molar-refractivity contribution in [2.24, 2.45) is 0 Å². The Balaban J connectivity index is 0. The zero-order valence-electron chi connectivity index (χ0n) is 13.2. The van der Waals surface area contributed by atoms with Crippen molar-refractivity contribution in [1.29, 1.82) is 0 Å². The number of hydrogen-bond donors (Lipinski definition) is 1. The molecule has 0 aromatic heterocycles. The van der Waals surface area contributed by atoms with Crippen molar-refractivity contribution in [2.75, 3.05) is 13.2 Å². The molecule has 0 atom stereocenters. The van der Waals surface area contributed by atoms with Crippen molar-refractivity contribution in [3.63, 3.8) is 0 Å². The molecule has 0 unspecified atom stereocenters. The van der Waals surface area contributed by atoms with E-state index in [9.17, 15) is 14.4 Å². The number of carboxylic acid groups (broad SMARTS) is 1. The van der Waals surface area contributed by atoms with Gasteiger partial charge in [-0.2, -0.15) is 0 Å². The van der Waals surface area contributed by atoms with E-state index in [1.165, 1.54) is 6.08 Å². The van der Waals surface area contributed by atoms with E-state index in [1.54, 1.807) is 13.0 Å². The van der Waals surface area contributed by atoms with Crippen LogP contribution in [-0.4, -0.2) is 59.3 Å². The predicted octanol–water partition coefficient (Wildman–Crippen LogP) is 1.94. The summed E-state index contributed by atoms with van der Waals surface area (Å²) in [6.07, 6.45) is 7.83. The average Bonchev–Trinajstić information content (AvgIpc) is 2.46. The first-order valence-corrected chi connectivity index (χ1v) is 7.73. The molecule has 0 amide bonds. The Morgan fingerprint density at radius 2 is 1.43 bits per heavy atom. The normalized spacial score (nSPS) is 10.1. The van der Waals surface area contributed by atoms with Gasteiger partial charge in [-0.25, -0.2) is 4.79 Å². The third-order valence-corrected chi connectivity index (χ3v) is 2.87. The first kappa shape index (κ1) is 24.2. The van der Waals surface area contributed by atoms with Crippen LogP contribution < -0.4 is 0 Å². The summed E-state index contributed by atoms with van der Waals surface area (Å²) in [6, 6.07) is 0. The maximum Gasteiger partial charge on any atom is 0.330 e. The molecule has 6 nitrogen and oxygen atoms in total. The molecule has 7 heteroatoms. The minimum atomic E-state index is -0.843. The molecule has 0 aliphatic carbocycles. The highest BCUT2D eigenvalue weighted by Gasteiger charge is 2.04. The van der Waals surface area contributed by atoms with Gasteiger partial charge in [0.2, 0.25) is 0 Å². The van der Waals surface area contributed by atoms with Crippen molar-refractivity contribution in [2.45, 2.75) is 58.3 Å². The number of unbranched alkanes of at least 4 members (excludes halogenated alkanes) is 4. The van der Waals surface area contributed by atoms with Crippen LogP contribution in [0.1, 0.15) is 58.3 Å². The molecule has 0 rings (SSSR count). The number of hydrogen-bond acceptors (Lipinski definition) is 5. The van der Waals surface area contributed by atoms with E-state index in [2.05, 4.69) is 0 Å². The Hall–Kier alpha value is -1.08. The summed E-state index contributed by atoms with van der Waals surface area (Å²) < 4.78 is 9.99. The summed E-state index contributed by atoms with van der Waals surface area (Å²) in [5, 5.41) is 8.45. The topological polar surface area (TPSA) is 89.9 Å². The smallest absolute Gasteiger partial charge is 0.330 e. The Morgan fingerprint density at radius 1 is 0.870 bits per heavy atom. The van der Waals surface area contributed by atoms with Crippen LogP contribution in [0.3, 0.4) is 0 Å². The lowest BCUT2D eigenvalue weighted by molar-refractivity contribution is -0.144. The summed E-state index contributed by atoms with van der Waals surface area (Å²) >= 11 is 0. The molecule has 0 saturated carbocycles. The Labute approximate surface area is 153 Å². The van der Waals surface area contributed by atoms with Crippen LogP contribution in [0.4, 0.5) is 0 Å². The quantitative estimate of drug-likeness (QED) is 0.238. The van der Waals surface area contributed by atoms with Crippen LogP contribution in [-0.2, 0) is 23.9 Å². The van der Waals surface area contributed by atoms with Crippen LogP contribution in [0.15, 0.2) is 12.2 Å². The lowest BCUT2D eigenvalue weighted by atomic mass is 10.2. The number of carbonyl (C=O) groups excluding carboxylic acids is 2. The van der Waals surface area contributed by atoms with Gasteiger partial charge in [-0.15, -0.1) is 0 Å². The molecule has 0 aromatic carbocycles. The molecule has 0 saturated heterocycles. The van der Waals surface area contributed by atoms with E-state index in [0.29, 0.717) is 26.1 Å². The molecule has 0 spiro atoms. The molecular weight excluding hydrogens is 312 g/mol. The Bertz CT molecular complexity index is 368. The van der Waals surface area contributed by atoms with Crippen LogP contribution in [0.2, 0.25) is 0 Å². The van der Waals surface area contributed by atoms with E-state index >= 15 is 0 Å². The summed E-state index contributed by atoms with van der Waals surface area (Å²) in [5.74, 6) is -1.44. The molecule has 23 heavy (non-hydrogen) atoms. The van der Waals surface area contributed by atoms with Crippen molar-refractivity contribution in [1.82, 2.24) is 0 Å². The highest BCUT2D eigenvalue weighted by Crippen LogP contribution is 2.04. The summed E-state index contributed by atoms with van der Waals surface area (Å²) in [6.45, 7) is 2.55. The fourth-order valence-electron chi connectivity index (χ4n) is 1.72. The molecule has 1 N–H and O–H groups in total. The lowest BCUT2D eigenvalue weighted by Gasteiger charge is -2.05. The highest BCUT2D eigenvalue weighted by atomic mass is 24.3. The number of ether oxygens (including phenoxy) is 2. The van der Waals surface area contributed by atoms with Gasteiger partial charge in [0.1, 0.15) is 0 Å². The van der Waals surface area contributed by atoms with E-state index in [1.807, 2.05) is 0 Å². The lowest BCUT2D eigenvalue weighted by Crippen LogP contribution is -2.06. The SMILES string of the molecule is CC=CC(=O)OCCCCCCOC(=O)CCCCC(=O)O.[MgH2]. The second-order valence-electron chi connectivity index (χ2n) is 4.90. The fourth-order valence-corrected chi connectivity index (χ4v) is 1.72. The minimum Gasteiger partial charge on any atom is -0.481 e. The van der Waals surface area contributed by atoms with Crippen molar-refractivity contribution >= 4 is 41.0 Å². The van der Waals surface area contributed by atoms with E-state index in [0.717, 1.165) is 25.7 Å². The second-order valence-corrected chi connectivity index (χ2v) is 4.90. The van der Waals surface area contributed by atoms with Crippen molar-refractivity contribution in [3.8, 4) is 0 Å². The molecular formula is C16H28MgO6. The van der Waals surface area contributed by atoms with Crippen molar-refractivity contribution < 1.29 is 29.0 Å².